The lowest BCUT2D eigenvalue weighted by atomic mass is 9.95. The molecular weight excluding hydrogens is 392 g/mol. The Balaban J connectivity index is 1.64. The van der Waals surface area contributed by atoms with E-state index in [1.54, 1.807) is 10.7 Å². The van der Waals surface area contributed by atoms with Crippen molar-refractivity contribution >= 4 is 11.5 Å². The molecule has 2 heterocycles. The maximum Gasteiger partial charge on any atom is 0.157 e. The van der Waals surface area contributed by atoms with E-state index < -0.39 is 12.2 Å². The Kier molecular flexibility index (Phi) is 6.01. The van der Waals surface area contributed by atoms with Crippen molar-refractivity contribution in [1.82, 2.24) is 14.6 Å². The van der Waals surface area contributed by atoms with Gasteiger partial charge in [0.05, 0.1) is 23.4 Å². The van der Waals surface area contributed by atoms with Crippen LogP contribution in [0.15, 0.2) is 42.6 Å². The summed E-state index contributed by atoms with van der Waals surface area (Å²) >= 11 is 0. The molecular formula is C24H31N4O3. The quantitative estimate of drug-likeness (QED) is 0.539. The van der Waals surface area contributed by atoms with E-state index in [1.165, 1.54) is 0 Å². The first kappa shape index (κ1) is 21.7. The topological polar surface area (TPSA) is 91.9 Å². The summed E-state index contributed by atoms with van der Waals surface area (Å²) in [5, 5.41) is 28.4. The summed E-state index contributed by atoms with van der Waals surface area (Å²) in [6.07, 6.45) is 1.56. The molecule has 1 fully saturated rings. The van der Waals surface area contributed by atoms with Crippen molar-refractivity contribution in [1.29, 1.82) is 0 Å². The first-order valence-electron chi connectivity index (χ1n) is 10.9. The Labute approximate surface area is 183 Å². The third-order valence-electron chi connectivity index (χ3n) is 6.01. The predicted octanol–water partition coefficient (Wildman–Crippen LogP) is 3.41. The Bertz CT molecular complexity index is 1050. The van der Waals surface area contributed by atoms with Gasteiger partial charge in [0.15, 0.2) is 5.65 Å². The fraction of sp³-hybridized carbons (Fsp3) is 0.458. The van der Waals surface area contributed by atoms with Crippen molar-refractivity contribution in [3.8, 4) is 11.3 Å². The summed E-state index contributed by atoms with van der Waals surface area (Å²) in [4.78, 5) is 4.43. The minimum atomic E-state index is -0.872. The maximum absolute atomic E-state index is 10.3. The SMILES string of the molecule is [CH2][C@@H]1C[C@@H](Nc2ccnc3cc(-c4cccc(C(C)(C)OCCC)c4)nn23)[C@H](O)[C@@H]1O. The molecule has 4 rings (SSSR count). The lowest BCUT2D eigenvalue weighted by molar-refractivity contribution is -0.0212. The molecule has 4 atom stereocenters. The third-order valence-corrected chi connectivity index (χ3v) is 6.01. The second-order valence-corrected chi connectivity index (χ2v) is 8.80. The van der Waals surface area contributed by atoms with Crippen LogP contribution in [0.4, 0.5) is 5.82 Å². The number of aliphatic hydroxyl groups excluding tert-OH is 2. The molecule has 7 nitrogen and oxygen atoms in total. The molecule has 0 unspecified atom stereocenters. The van der Waals surface area contributed by atoms with Gasteiger partial charge in [-0.05, 0) is 57.2 Å². The van der Waals surface area contributed by atoms with E-state index in [1.807, 2.05) is 24.3 Å². The number of aliphatic hydroxyl groups is 2. The molecule has 0 amide bonds. The van der Waals surface area contributed by atoms with Crippen LogP contribution in [0.3, 0.4) is 0 Å². The molecule has 0 saturated heterocycles. The summed E-state index contributed by atoms with van der Waals surface area (Å²) < 4.78 is 7.77. The van der Waals surface area contributed by atoms with Crippen LogP contribution >= 0.6 is 0 Å². The zero-order chi connectivity index (χ0) is 22.2. The number of hydrogen-bond acceptors (Lipinski definition) is 6. The number of anilines is 1. The van der Waals surface area contributed by atoms with Crippen molar-refractivity contribution in [2.24, 2.45) is 5.92 Å². The van der Waals surface area contributed by atoms with Crippen molar-refractivity contribution < 1.29 is 14.9 Å². The van der Waals surface area contributed by atoms with Crippen LogP contribution in [0.2, 0.25) is 0 Å². The zero-order valence-electron chi connectivity index (χ0n) is 18.3. The van der Waals surface area contributed by atoms with Gasteiger partial charge in [0.2, 0.25) is 0 Å². The first-order valence-corrected chi connectivity index (χ1v) is 10.9. The molecule has 7 heteroatoms. The van der Waals surface area contributed by atoms with Gasteiger partial charge in [-0.1, -0.05) is 25.1 Å². The largest absolute Gasteiger partial charge is 0.390 e. The molecule has 1 aromatic carbocycles. The molecule has 0 aliphatic heterocycles. The average Bonchev–Trinajstić information content (AvgIpc) is 3.30. The highest BCUT2D eigenvalue weighted by atomic mass is 16.5. The van der Waals surface area contributed by atoms with Gasteiger partial charge in [-0.3, -0.25) is 0 Å². The standard InChI is InChI=1S/C24H31N4O3/c1-5-11-31-24(3,4)17-8-6-7-16(13-17)18-14-21-25-10-9-20(28(21)27-18)26-19-12-15(2)22(29)23(19)30/h6-10,13-15,19,22-23,26,29-30H,2,5,11-12H2,1,3-4H3/t15-,19-,22-,23+/m1/s1. The Morgan fingerprint density at radius 2 is 2.03 bits per heavy atom. The van der Waals surface area contributed by atoms with Crippen molar-refractivity contribution in [3.05, 3.63) is 55.1 Å². The fourth-order valence-corrected chi connectivity index (χ4v) is 4.10. The second kappa shape index (κ2) is 8.57. The molecule has 3 N–H and O–H groups in total. The van der Waals surface area contributed by atoms with Gasteiger partial charge in [0, 0.05) is 24.4 Å². The monoisotopic (exact) mass is 423 g/mol. The predicted molar refractivity (Wildman–Crippen MR) is 121 cm³/mol. The van der Waals surface area contributed by atoms with E-state index in [2.05, 4.69) is 50.1 Å². The van der Waals surface area contributed by atoms with Crippen LogP contribution in [-0.2, 0) is 10.3 Å². The Morgan fingerprint density at radius 1 is 1.23 bits per heavy atom. The van der Waals surface area contributed by atoms with Crippen LogP contribution < -0.4 is 5.32 Å². The summed E-state index contributed by atoms with van der Waals surface area (Å²) in [6.45, 7) is 10.9. The highest BCUT2D eigenvalue weighted by Crippen LogP contribution is 2.31. The van der Waals surface area contributed by atoms with E-state index in [4.69, 9.17) is 9.84 Å². The van der Waals surface area contributed by atoms with E-state index in [0.29, 0.717) is 24.5 Å². The maximum atomic E-state index is 10.3. The van der Waals surface area contributed by atoms with E-state index in [0.717, 1.165) is 23.2 Å². The van der Waals surface area contributed by atoms with Gasteiger partial charge in [-0.25, -0.2) is 4.98 Å². The molecule has 3 aromatic rings. The van der Waals surface area contributed by atoms with Crippen LogP contribution in [0.25, 0.3) is 16.9 Å². The van der Waals surface area contributed by atoms with Gasteiger partial charge in [-0.2, -0.15) is 9.61 Å². The van der Waals surface area contributed by atoms with Crippen molar-refractivity contribution in [2.75, 3.05) is 11.9 Å². The Hall–Kier alpha value is -2.48. The molecule has 1 radical (unpaired) electrons. The minimum Gasteiger partial charge on any atom is -0.390 e. The fourth-order valence-electron chi connectivity index (χ4n) is 4.10. The third kappa shape index (κ3) is 4.31. The van der Waals surface area contributed by atoms with Gasteiger partial charge < -0.3 is 20.3 Å². The van der Waals surface area contributed by atoms with Crippen LogP contribution in [0, 0.1) is 12.8 Å². The van der Waals surface area contributed by atoms with Crippen LogP contribution in [-0.4, -0.2) is 49.7 Å². The summed E-state index contributed by atoms with van der Waals surface area (Å²) in [5.41, 5.74) is 3.19. The summed E-state index contributed by atoms with van der Waals surface area (Å²) in [5.74, 6) is 0.503. The normalized spacial score (nSPS) is 24.1. The molecule has 1 aliphatic carbocycles. The van der Waals surface area contributed by atoms with E-state index in [-0.39, 0.29) is 17.6 Å². The highest BCUT2D eigenvalue weighted by Gasteiger charge is 2.39. The summed E-state index contributed by atoms with van der Waals surface area (Å²) in [7, 11) is 0. The van der Waals surface area contributed by atoms with Gasteiger partial charge in [0.1, 0.15) is 11.9 Å². The minimum absolute atomic E-state index is 0.209. The molecule has 31 heavy (non-hydrogen) atoms. The molecule has 0 bridgehead atoms. The molecule has 1 aliphatic rings. The lowest BCUT2D eigenvalue weighted by Gasteiger charge is -2.26. The number of aromatic nitrogens is 3. The number of hydrogen-bond donors (Lipinski definition) is 3. The number of ether oxygens (including phenoxy) is 1. The second-order valence-electron chi connectivity index (χ2n) is 8.80. The van der Waals surface area contributed by atoms with E-state index >= 15 is 0 Å². The molecule has 165 valence electrons. The van der Waals surface area contributed by atoms with Gasteiger partial charge >= 0.3 is 0 Å². The average molecular weight is 424 g/mol. The van der Waals surface area contributed by atoms with Crippen molar-refractivity contribution in [3.63, 3.8) is 0 Å². The highest BCUT2D eigenvalue weighted by molar-refractivity contribution is 5.66. The molecule has 2 aromatic heterocycles. The molecule has 0 spiro atoms. The number of rotatable bonds is 7. The number of benzene rings is 1. The van der Waals surface area contributed by atoms with Crippen LogP contribution in [0.5, 0.6) is 0 Å². The number of fused-ring (bicyclic) bond motifs is 1. The lowest BCUT2D eigenvalue weighted by Crippen LogP contribution is -2.35. The zero-order valence-corrected chi connectivity index (χ0v) is 18.3. The molecule has 1 saturated carbocycles. The van der Waals surface area contributed by atoms with Gasteiger partial charge in [-0.15, -0.1) is 0 Å². The summed E-state index contributed by atoms with van der Waals surface area (Å²) in [6, 6.07) is 11.7. The van der Waals surface area contributed by atoms with E-state index in [9.17, 15) is 10.2 Å². The van der Waals surface area contributed by atoms with Crippen LogP contribution in [0.1, 0.15) is 39.2 Å². The van der Waals surface area contributed by atoms with Gasteiger partial charge in [0.25, 0.3) is 0 Å². The van der Waals surface area contributed by atoms with Crippen molar-refractivity contribution in [2.45, 2.75) is 57.5 Å². The number of nitrogens with one attached hydrogen (secondary N) is 1. The Morgan fingerprint density at radius 3 is 2.74 bits per heavy atom. The number of nitrogens with zero attached hydrogens (tertiary/aromatic N) is 3. The first-order chi connectivity index (χ1) is 14.8. The smallest absolute Gasteiger partial charge is 0.157 e.